The first-order valence-electron chi connectivity index (χ1n) is 9.15. The number of nitrogens with zero attached hydrogens (tertiary/aromatic N) is 4. The summed E-state index contributed by atoms with van der Waals surface area (Å²) in [5, 5.41) is 19.5. The molecule has 1 unspecified atom stereocenters. The molecule has 1 aliphatic carbocycles. The predicted octanol–water partition coefficient (Wildman–Crippen LogP) is 4.09. The summed E-state index contributed by atoms with van der Waals surface area (Å²) >= 11 is 1.70. The molecule has 2 N–H and O–H groups in total. The number of benzene rings is 1. The summed E-state index contributed by atoms with van der Waals surface area (Å²) in [6, 6.07) is 9.74. The number of urea groups is 1. The van der Waals surface area contributed by atoms with E-state index in [1.807, 2.05) is 31.2 Å². The summed E-state index contributed by atoms with van der Waals surface area (Å²) in [5.74, 6) is 0.504. The van der Waals surface area contributed by atoms with Gasteiger partial charge in [0.1, 0.15) is 6.33 Å². The van der Waals surface area contributed by atoms with Crippen LogP contribution in [0.2, 0.25) is 0 Å². The van der Waals surface area contributed by atoms with Gasteiger partial charge in [0.2, 0.25) is 0 Å². The number of carbonyl (C=O) groups excluding carboxylic acids is 1. The van der Waals surface area contributed by atoms with E-state index in [1.54, 1.807) is 22.3 Å². The molecule has 2 aromatic heterocycles. The van der Waals surface area contributed by atoms with Crippen molar-refractivity contribution < 1.29 is 4.79 Å². The zero-order valence-corrected chi connectivity index (χ0v) is 15.9. The molecular formula is C19H22N6OS. The Morgan fingerprint density at radius 2 is 2.15 bits per heavy atom. The van der Waals surface area contributed by atoms with Gasteiger partial charge in [-0.15, -0.1) is 16.4 Å². The van der Waals surface area contributed by atoms with Gasteiger partial charge in [-0.2, -0.15) is 0 Å². The van der Waals surface area contributed by atoms with Crippen LogP contribution in [-0.2, 0) is 0 Å². The van der Waals surface area contributed by atoms with E-state index in [0.29, 0.717) is 11.6 Å². The molecule has 0 aliphatic heterocycles. The Kier molecular flexibility index (Phi) is 5.15. The van der Waals surface area contributed by atoms with E-state index < -0.39 is 0 Å². The predicted molar refractivity (Wildman–Crippen MR) is 105 cm³/mol. The summed E-state index contributed by atoms with van der Waals surface area (Å²) in [5.41, 5.74) is 2.57. The van der Waals surface area contributed by atoms with E-state index in [9.17, 15) is 4.79 Å². The number of hydrogen-bond donors (Lipinski definition) is 2. The fourth-order valence-corrected chi connectivity index (χ4v) is 4.56. The third-order valence-corrected chi connectivity index (χ3v) is 6.03. The molecule has 0 radical (unpaired) electrons. The van der Waals surface area contributed by atoms with E-state index in [0.717, 1.165) is 24.1 Å². The minimum Gasteiger partial charge on any atom is -0.330 e. The van der Waals surface area contributed by atoms with Gasteiger partial charge in [0.25, 0.3) is 0 Å². The maximum Gasteiger partial charge on any atom is 0.319 e. The number of hydrogen-bond acceptors (Lipinski definition) is 5. The SMILES string of the molecule is Cc1ccc(NC(=O)NC(c2cccs2)C2CCCC2)cc1-n1cnnn1. The molecule has 0 spiro atoms. The number of tetrazole rings is 1. The van der Waals surface area contributed by atoms with E-state index in [1.165, 1.54) is 17.7 Å². The Hall–Kier alpha value is -2.74. The molecule has 1 fully saturated rings. The lowest BCUT2D eigenvalue weighted by Crippen LogP contribution is -2.35. The van der Waals surface area contributed by atoms with Crippen LogP contribution < -0.4 is 10.6 Å². The second-order valence-electron chi connectivity index (χ2n) is 6.89. The van der Waals surface area contributed by atoms with Crippen molar-refractivity contribution in [3.8, 4) is 5.69 Å². The third kappa shape index (κ3) is 4.00. The van der Waals surface area contributed by atoms with Crippen LogP contribution in [0, 0.1) is 12.8 Å². The first-order valence-corrected chi connectivity index (χ1v) is 10.0. The molecule has 0 saturated heterocycles. The number of nitrogens with one attached hydrogen (secondary N) is 2. The lowest BCUT2D eigenvalue weighted by Gasteiger charge is -2.24. The monoisotopic (exact) mass is 382 g/mol. The molecular weight excluding hydrogens is 360 g/mol. The highest BCUT2D eigenvalue weighted by Crippen LogP contribution is 2.37. The zero-order valence-electron chi connectivity index (χ0n) is 15.1. The fraction of sp³-hybridized carbons (Fsp3) is 0.368. The van der Waals surface area contributed by atoms with Crippen LogP contribution in [0.3, 0.4) is 0 Å². The van der Waals surface area contributed by atoms with Gasteiger partial charge < -0.3 is 10.6 Å². The maximum atomic E-state index is 12.7. The van der Waals surface area contributed by atoms with Crippen LogP contribution in [0.5, 0.6) is 0 Å². The number of anilines is 1. The van der Waals surface area contributed by atoms with Crippen LogP contribution in [0.1, 0.15) is 42.2 Å². The molecule has 27 heavy (non-hydrogen) atoms. The van der Waals surface area contributed by atoms with Gasteiger partial charge in [-0.3, -0.25) is 0 Å². The second kappa shape index (κ2) is 7.87. The number of aromatic nitrogens is 4. The summed E-state index contributed by atoms with van der Waals surface area (Å²) < 4.78 is 1.59. The average molecular weight is 382 g/mol. The Bertz CT molecular complexity index is 887. The lowest BCUT2D eigenvalue weighted by atomic mass is 9.97. The average Bonchev–Trinajstić information content (AvgIpc) is 3.44. The molecule has 1 aliphatic rings. The summed E-state index contributed by atoms with van der Waals surface area (Å²) in [7, 11) is 0. The quantitative estimate of drug-likeness (QED) is 0.696. The smallest absolute Gasteiger partial charge is 0.319 e. The number of aryl methyl sites for hydroxylation is 1. The molecule has 2 heterocycles. The number of rotatable bonds is 5. The summed E-state index contributed by atoms with van der Waals surface area (Å²) in [6.45, 7) is 1.98. The van der Waals surface area contributed by atoms with E-state index in [-0.39, 0.29) is 12.1 Å². The number of thiophene rings is 1. The Balaban J connectivity index is 1.49. The van der Waals surface area contributed by atoms with Crippen LogP contribution in [0.15, 0.2) is 42.0 Å². The van der Waals surface area contributed by atoms with Gasteiger partial charge >= 0.3 is 6.03 Å². The molecule has 140 valence electrons. The van der Waals surface area contributed by atoms with Crippen LogP contribution in [0.4, 0.5) is 10.5 Å². The van der Waals surface area contributed by atoms with Crippen molar-refractivity contribution in [1.82, 2.24) is 25.5 Å². The Labute approximate surface area is 161 Å². The van der Waals surface area contributed by atoms with E-state index >= 15 is 0 Å². The van der Waals surface area contributed by atoms with Crippen LogP contribution >= 0.6 is 11.3 Å². The summed E-state index contributed by atoms with van der Waals surface area (Å²) in [4.78, 5) is 13.9. The highest BCUT2D eigenvalue weighted by Gasteiger charge is 2.28. The Morgan fingerprint density at radius 1 is 1.30 bits per heavy atom. The zero-order chi connectivity index (χ0) is 18.6. The molecule has 1 atom stereocenters. The van der Waals surface area contributed by atoms with Gasteiger partial charge in [-0.1, -0.05) is 25.0 Å². The van der Waals surface area contributed by atoms with Crippen molar-refractivity contribution in [2.24, 2.45) is 5.92 Å². The van der Waals surface area contributed by atoms with Crippen molar-refractivity contribution in [3.63, 3.8) is 0 Å². The van der Waals surface area contributed by atoms with Crippen molar-refractivity contribution in [2.45, 2.75) is 38.6 Å². The van der Waals surface area contributed by atoms with Crippen molar-refractivity contribution in [1.29, 1.82) is 0 Å². The van der Waals surface area contributed by atoms with Gasteiger partial charge in [0.15, 0.2) is 0 Å². The molecule has 0 bridgehead atoms. The molecule has 3 aromatic rings. The topological polar surface area (TPSA) is 84.7 Å². The van der Waals surface area contributed by atoms with Crippen molar-refractivity contribution in [3.05, 3.63) is 52.5 Å². The maximum absolute atomic E-state index is 12.7. The minimum absolute atomic E-state index is 0.0666. The summed E-state index contributed by atoms with van der Waals surface area (Å²) in [6.07, 6.45) is 6.35. The highest BCUT2D eigenvalue weighted by molar-refractivity contribution is 7.10. The van der Waals surface area contributed by atoms with Crippen molar-refractivity contribution in [2.75, 3.05) is 5.32 Å². The normalized spacial score (nSPS) is 15.6. The fourth-order valence-electron chi connectivity index (χ4n) is 3.69. The molecule has 2 amide bonds. The standard InChI is InChI=1S/C19H22N6OS/c1-13-8-9-15(11-16(13)25-12-20-23-24-25)21-19(26)22-18(14-5-2-3-6-14)17-7-4-10-27-17/h4,7-12,14,18H,2-3,5-6H2,1H3,(H2,21,22,26). The van der Waals surface area contributed by atoms with Gasteiger partial charge in [-0.05, 0) is 65.3 Å². The molecule has 1 saturated carbocycles. The van der Waals surface area contributed by atoms with Crippen LogP contribution in [-0.4, -0.2) is 26.2 Å². The first kappa shape index (κ1) is 17.7. The number of carbonyl (C=O) groups is 1. The van der Waals surface area contributed by atoms with Gasteiger partial charge in [-0.25, -0.2) is 9.48 Å². The lowest BCUT2D eigenvalue weighted by molar-refractivity contribution is 0.243. The molecule has 1 aromatic carbocycles. The second-order valence-corrected chi connectivity index (χ2v) is 7.87. The van der Waals surface area contributed by atoms with Crippen LogP contribution in [0.25, 0.3) is 5.69 Å². The van der Waals surface area contributed by atoms with E-state index in [4.69, 9.17) is 0 Å². The highest BCUT2D eigenvalue weighted by atomic mass is 32.1. The minimum atomic E-state index is -0.188. The van der Waals surface area contributed by atoms with E-state index in [2.05, 4.69) is 37.6 Å². The Morgan fingerprint density at radius 3 is 2.85 bits per heavy atom. The molecule has 7 nitrogen and oxygen atoms in total. The number of amides is 2. The van der Waals surface area contributed by atoms with Gasteiger partial charge in [0, 0.05) is 10.6 Å². The first-order chi connectivity index (χ1) is 13.2. The van der Waals surface area contributed by atoms with Crippen molar-refractivity contribution >= 4 is 23.1 Å². The molecule has 4 rings (SSSR count). The van der Waals surface area contributed by atoms with Gasteiger partial charge in [0.05, 0.1) is 11.7 Å². The molecule has 8 heteroatoms. The largest absolute Gasteiger partial charge is 0.330 e. The third-order valence-electron chi connectivity index (χ3n) is 5.07.